The van der Waals surface area contributed by atoms with Crippen molar-refractivity contribution >= 4 is 5.91 Å². The molecule has 1 atom stereocenters. The number of hydrogen-bond donors (Lipinski definition) is 0. The van der Waals surface area contributed by atoms with Gasteiger partial charge in [0.2, 0.25) is 0 Å². The van der Waals surface area contributed by atoms with Gasteiger partial charge in [0.1, 0.15) is 11.6 Å². The second kappa shape index (κ2) is 11.7. The van der Waals surface area contributed by atoms with Crippen LogP contribution in [0.25, 0.3) is 0 Å². The van der Waals surface area contributed by atoms with Crippen molar-refractivity contribution in [3.05, 3.63) is 71.3 Å². The van der Waals surface area contributed by atoms with Crippen LogP contribution in [-0.2, 0) is 16.0 Å². The topological polar surface area (TPSA) is 45.2 Å². The van der Waals surface area contributed by atoms with Crippen LogP contribution in [-0.4, -0.2) is 92.3 Å². The SMILES string of the molecule is O=C(c1cccc(F)c1)N(CCN1CCOCC1)CC1CN(Cc2cccc(F)c2)CCO1. The molecule has 0 saturated carbocycles. The van der Waals surface area contributed by atoms with E-state index >= 15 is 0 Å². The van der Waals surface area contributed by atoms with Crippen LogP contribution in [0.4, 0.5) is 8.78 Å². The Balaban J connectivity index is 1.41. The Morgan fingerprint density at radius 1 is 0.970 bits per heavy atom. The quantitative estimate of drug-likeness (QED) is 0.608. The highest BCUT2D eigenvalue weighted by atomic mass is 19.1. The fourth-order valence-corrected chi connectivity index (χ4v) is 4.34. The predicted molar refractivity (Wildman–Crippen MR) is 121 cm³/mol. The van der Waals surface area contributed by atoms with E-state index in [-0.39, 0.29) is 17.8 Å². The summed E-state index contributed by atoms with van der Waals surface area (Å²) in [7, 11) is 0. The van der Waals surface area contributed by atoms with Gasteiger partial charge in [0.15, 0.2) is 0 Å². The van der Waals surface area contributed by atoms with E-state index in [2.05, 4.69) is 9.80 Å². The summed E-state index contributed by atoms with van der Waals surface area (Å²) in [5.74, 6) is -0.870. The molecule has 4 rings (SSSR count). The Morgan fingerprint density at radius 2 is 1.70 bits per heavy atom. The number of amides is 1. The molecule has 2 aliphatic heterocycles. The minimum absolute atomic E-state index is 0.172. The Labute approximate surface area is 193 Å². The average Bonchev–Trinajstić information content (AvgIpc) is 2.82. The molecule has 0 aromatic heterocycles. The molecule has 6 nitrogen and oxygen atoms in total. The minimum Gasteiger partial charge on any atom is -0.379 e. The van der Waals surface area contributed by atoms with Gasteiger partial charge in [0.25, 0.3) is 5.91 Å². The van der Waals surface area contributed by atoms with Crippen LogP contribution in [0.15, 0.2) is 48.5 Å². The third-order valence-corrected chi connectivity index (χ3v) is 6.09. The van der Waals surface area contributed by atoms with E-state index in [4.69, 9.17) is 9.47 Å². The summed E-state index contributed by atoms with van der Waals surface area (Å²) in [5.41, 5.74) is 1.25. The molecule has 0 aliphatic carbocycles. The fraction of sp³-hybridized carbons (Fsp3) is 0.480. The van der Waals surface area contributed by atoms with Gasteiger partial charge in [-0.1, -0.05) is 18.2 Å². The lowest BCUT2D eigenvalue weighted by atomic mass is 10.1. The highest BCUT2D eigenvalue weighted by Crippen LogP contribution is 2.15. The maximum Gasteiger partial charge on any atom is 0.254 e. The maximum atomic E-state index is 13.8. The highest BCUT2D eigenvalue weighted by Gasteiger charge is 2.26. The number of hydrogen-bond acceptors (Lipinski definition) is 5. The zero-order valence-electron chi connectivity index (χ0n) is 18.8. The van der Waals surface area contributed by atoms with Crippen molar-refractivity contribution in [2.24, 2.45) is 0 Å². The first kappa shape index (κ1) is 23.8. The minimum atomic E-state index is -0.427. The lowest BCUT2D eigenvalue weighted by Crippen LogP contribution is -2.50. The zero-order valence-corrected chi connectivity index (χ0v) is 18.8. The first-order chi connectivity index (χ1) is 16.1. The van der Waals surface area contributed by atoms with Crippen molar-refractivity contribution in [2.45, 2.75) is 12.6 Å². The second-order valence-electron chi connectivity index (χ2n) is 8.57. The molecule has 2 saturated heterocycles. The van der Waals surface area contributed by atoms with Crippen LogP contribution in [0.1, 0.15) is 15.9 Å². The number of halogens is 2. The van der Waals surface area contributed by atoms with Crippen molar-refractivity contribution in [1.29, 1.82) is 0 Å². The van der Waals surface area contributed by atoms with E-state index in [1.54, 1.807) is 29.2 Å². The molecular weight excluding hydrogens is 428 g/mol. The molecule has 0 bridgehead atoms. The van der Waals surface area contributed by atoms with E-state index in [9.17, 15) is 13.6 Å². The molecule has 0 N–H and O–H groups in total. The molecule has 2 aliphatic rings. The molecule has 2 aromatic rings. The summed E-state index contributed by atoms with van der Waals surface area (Å²) in [4.78, 5) is 19.5. The lowest BCUT2D eigenvalue weighted by Gasteiger charge is -2.36. The lowest BCUT2D eigenvalue weighted by molar-refractivity contribution is -0.0443. The largest absolute Gasteiger partial charge is 0.379 e. The zero-order chi connectivity index (χ0) is 23.0. The first-order valence-corrected chi connectivity index (χ1v) is 11.5. The number of carbonyl (C=O) groups excluding carboxylic acids is 1. The van der Waals surface area contributed by atoms with Gasteiger partial charge in [-0.3, -0.25) is 14.6 Å². The third kappa shape index (κ3) is 7.04. The van der Waals surface area contributed by atoms with E-state index in [0.29, 0.717) is 51.6 Å². The molecular formula is C25H31F2N3O3. The molecule has 2 heterocycles. The van der Waals surface area contributed by atoms with E-state index in [1.807, 2.05) is 6.07 Å². The molecule has 8 heteroatoms. The molecule has 2 aromatic carbocycles. The average molecular weight is 460 g/mol. The summed E-state index contributed by atoms with van der Waals surface area (Å²) in [5, 5.41) is 0. The molecule has 2 fully saturated rings. The molecule has 178 valence electrons. The van der Waals surface area contributed by atoms with E-state index in [0.717, 1.165) is 31.7 Å². The molecule has 0 radical (unpaired) electrons. The number of rotatable bonds is 8. The van der Waals surface area contributed by atoms with E-state index in [1.165, 1.54) is 18.2 Å². The molecule has 1 amide bonds. The number of nitrogens with zero attached hydrogens (tertiary/aromatic N) is 3. The van der Waals surface area contributed by atoms with Crippen molar-refractivity contribution in [3.8, 4) is 0 Å². The van der Waals surface area contributed by atoms with Crippen LogP contribution < -0.4 is 0 Å². The molecule has 0 spiro atoms. The van der Waals surface area contributed by atoms with Crippen LogP contribution in [0.5, 0.6) is 0 Å². The van der Waals surface area contributed by atoms with Gasteiger partial charge in [-0.15, -0.1) is 0 Å². The maximum absolute atomic E-state index is 13.8. The van der Waals surface area contributed by atoms with Gasteiger partial charge < -0.3 is 14.4 Å². The van der Waals surface area contributed by atoms with Crippen LogP contribution in [0, 0.1) is 11.6 Å². The van der Waals surface area contributed by atoms with Gasteiger partial charge in [0, 0.05) is 57.9 Å². The van der Waals surface area contributed by atoms with Gasteiger partial charge in [-0.05, 0) is 35.9 Å². The summed E-state index contributed by atoms with van der Waals surface area (Å²) in [6.07, 6.45) is -0.172. The summed E-state index contributed by atoms with van der Waals surface area (Å²) < 4.78 is 38.7. The smallest absolute Gasteiger partial charge is 0.254 e. The van der Waals surface area contributed by atoms with Crippen LogP contribution in [0.3, 0.4) is 0 Å². The Morgan fingerprint density at radius 3 is 2.45 bits per heavy atom. The Bertz CT molecular complexity index is 923. The Kier molecular flexibility index (Phi) is 8.39. The van der Waals surface area contributed by atoms with Crippen LogP contribution >= 0.6 is 0 Å². The fourth-order valence-electron chi connectivity index (χ4n) is 4.34. The van der Waals surface area contributed by atoms with Crippen molar-refractivity contribution in [3.63, 3.8) is 0 Å². The van der Waals surface area contributed by atoms with Gasteiger partial charge in [0.05, 0.1) is 25.9 Å². The highest BCUT2D eigenvalue weighted by molar-refractivity contribution is 5.94. The number of carbonyl (C=O) groups is 1. The Hall–Kier alpha value is -2.39. The van der Waals surface area contributed by atoms with Gasteiger partial charge >= 0.3 is 0 Å². The van der Waals surface area contributed by atoms with Crippen molar-refractivity contribution < 1.29 is 23.0 Å². The number of morpholine rings is 2. The third-order valence-electron chi connectivity index (χ3n) is 6.09. The molecule has 33 heavy (non-hydrogen) atoms. The normalized spacial score (nSPS) is 20.0. The number of ether oxygens (including phenoxy) is 2. The molecule has 1 unspecified atom stereocenters. The van der Waals surface area contributed by atoms with Crippen LogP contribution in [0.2, 0.25) is 0 Å². The van der Waals surface area contributed by atoms with Crippen molar-refractivity contribution in [2.75, 3.05) is 65.6 Å². The van der Waals surface area contributed by atoms with Gasteiger partial charge in [-0.2, -0.15) is 0 Å². The summed E-state index contributed by atoms with van der Waals surface area (Å²) >= 11 is 0. The standard InChI is InChI=1S/C25H31F2N3O3/c26-22-5-1-3-20(15-22)17-29-11-14-33-24(18-29)19-30(8-7-28-9-12-32-13-10-28)25(31)21-4-2-6-23(27)16-21/h1-6,15-16,24H,7-14,17-19H2. The van der Waals surface area contributed by atoms with Gasteiger partial charge in [-0.25, -0.2) is 8.78 Å². The summed E-state index contributed by atoms with van der Waals surface area (Å²) in [6.45, 7) is 7.29. The second-order valence-corrected chi connectivity index (χ2v) is 8.57. The number of benzene rings is 2. The van der Waals surface area contributed by atoms with E-state index < -0.39 is 5.82 Å². The first-order valence-electron chi connectivity index (χ1n) is 11.5. The summed E-state index contributed by atoms with van der Waals surface area (Å²) in [6, 6.07) is 12.4. The monoisotopic (exact) mass is 459 g/mol. The van der Waals surface area contributed by atoms with Crippen molar-refractivity contribution in [1.82, 2.24) is 14.7 Å². The predicted octanol–water partition coefficient (Wildman–Crippen LogP) is 2.64.